The van der Waals surface area contributed by atoms with Gasteiger partial charge in [0.15, 0.2) is 5.96 Å². The van der Waals surface area contributed by atoms with E-state index in [1.165, 1.54) is 30.4 Å². The van der Waals surface area contributed by atoms with Crippen molar-refractivity contribution < 1.29 is 0 Å². The van der Waals surface area contributed by atoms with Gasteiger partial charge in [-0.25, -0.2) is 0 Å². The van der Waals surface area contributed by atoms with Crippen LogP contribution >= 0.6 is 0 Å². The zero-order valence-electron chi connectivity index (χ0n) is 10.7. The summed E-state index contributed by atoms with van der Waals surface area (Å²) >= 11 is 0. The van der Waals surface area contributed by atoms with E-state index in [0.717, 1.165) is 12.5 Å². The first-order valence-electron chi connectivity index (χ1n) is 6.31. The maximum atomic E-state index is 4.14. The normalized spacial score (nSPS) is 19.6. The van der Waals surface area contributed by atoms with Gasteiger partial charge in [-0.1, -0.05) is 24.3 Å². The van der Waals surface area contributed by atoms with E-state index < -0.39 is 0 Å². The molecule has 0 bridgehead atoms. The molecule has 3 nitrogen and oxygen atoms in total. The van der Waals surface area contributed by atoms with E-state index in [2.05, 4.69) is 39.9 Å². The monoisotopic (exact) mass is 231 g/mol. The zero-order chi connectivity index (χ0) is 12.1. The van der Waals surface area contributed by atoms with Gasteiger partial charge >= 0.3 is 0 Å². The minimum absolute atomic E-state index is 0.616. The minimum atomic E-state index is 0.616. The van der Waals surface area contributed by atoms with Gasteiger partial charge in [-0.05, 0) is 30.4 Å². The summed E-state index contributed by atoms with van der Waals surface area (Å²) in [6, 6.07) is 8.81. The Balaban J connectivity index is 2.04. The zero-order valence-corrected chi connectivity index (χ0v) is 10.7. The van der Waals surface area contributed by atoms with Gasteiger partial charge in [-0.3, -0.25) is 4.99 Å². The standard InChI is InChI=1S/C14H21N3/c1-15-14(16-2)17-10-12-8-5-7-11-6-3-4-9-13(11)12/h3-4,6,9,12H,5,7-8,10H2,1-2H3,(H2,15,16,17). The lowest BCUT2D eigenvalue weighted by molar-refractivity contribution is 0.541. The van der Waals surface area contributed by atoms with Crippen LogP contribution in [0.25, 0.3) is 0 Å². The fourth-order valence-corrected chi connectivity index (χ4v) is 2.57. The van der Waals surface area contributed by atoms with Crippen molar-refractivity contribution in [3.63, 3.8) is 0 Å². The van der Waals surface area contributed by atoms with Crippen LogP contribution in [0.1, 0.15) is 29.9 Å². The number of rotatable bonds is 2. The van der Waals surface area contributed by atoms with Crippen LogP contribution in [0.15, 0.2) is 29.3 Å². The van der Waals surface area contributed by atoms with Crippen LogP contribution in [0.5, 0.6) is 0 Å². The molecule has 0 spiro atoms. The van der Waals surface area contributed by atoms with E-state index in [1.807, 2.05) is 7.05 Å². The molecule has 1 aromatic rings. The van der Waals surface area contributed by atoms with Crippen molar-refractivity contribution in [1.82, 2.24) is 10.6 Å². The number of hydrogen-bond donors (Lipinski definition) is 2. The van der Waals surface area contributed by atoms with Gasteiger partial charge in [0.25, 0.3) is 0 Å². The fraction of sp³-hybridized carbons (Fsp3) is 0.500. The van der Waals surface area contributed by atoms with Crippen molar-refractivity contribution >= 4 is 5.96 Å². The number of nitrogens with zero attached hydrogens (tertiary/aromatic N) is 1. The Morgan fingerprint density at radius 1 is 1.41 bits per heavy atom. The molecule has 0 heterocycles. The Labute approximate surface area is 103 Å². The minimum Gasteiger partial charge on any atom is -0.359 e. The molecule has 3 heteroatoms. The molecule has 1 atom stereocenters. The van der Waals surface area contributed by atoms with Crippen LogP contribution in [0.3, 0.4) is 0 Å². The molecule has 17 heavy (non-hydrogen) atoms. The van der Waals surface area contributed by atoms with Gasteiger partial charge in [-0.15, -0.1) is 0 Å². The van der Waals surface area contributed by atoms with Gasteiger partial charge in [0.05, 0.1) is 0 Å². The molecular formula is C14H21N3. The summed E-state index contributed by atoms with van der Waals surface area (Å²) in [5.74, 6) is 1.48. The maximum Gasteiger partial charge on any atom is 0.190 e. The van der Waals surface area contributed by atoms with E-state index in [4.69, 9.17) is 0 Å². The molecule has 0 radical (unpaired) electrons. The molecule has 1 aromatic carbocycles. The van der Waals surface area contributed by atoms with Crippen LogP contribution in [-0.2, 0) is 6.42 Å². The average Bonchev–Trinajstić information content (AvgIpc) is 2.40. The number of aliphatic imine (C=N–C) groups is 1. The SMILES string of the molecule is CN=C(NC)NCC1CCCc2ccccc21. The molecule has 2 rings (SSSR count). The van der Waals surface area contributed by atoms with Crippen molar-refractivity contribution in [1.29, 1.82) is 0 Å². The Kier molecular flexibility index (Phi) is 4.02. The van der Waals surface area contributed by atoms with Gasteiger partial charge in [0.2, 0.25) is 0 Å². The molecule has 0 amide bonds. The van der Waals surface area contributed by atoms with Crippen LogP contribution in [0, 0.1) is 0 Å². The second-order valence-corrected chi connectivity index (χ2v) is 4.49. The van der Waals surface area contributed by atoms with Crippen LogP contribution in [0.4, 0.5) is 0 Å². The smallest absolute Gasteiger partial charge is 0.190 e. The highest BCUT2D eigenvalue weighted by Gasteiger charge is 2.19. The van der Waals surface area contributed by atoms with Crippen molar-refractivity contribution in [2.75, 3.05) is 20.6 Å². The van der Waals surface area contributed by atoms with Crippen molar-refractivity contribution in [3.8, 4) is 0 Å². The topological polar surface area (TPSA) is 36.4 Å². The first-order chi connectivity index (χ1) is 8.35. The highest BCUT2D eigenvalue weighted by atomic mass is 15.1. The summed E-state index contributed by atoms with van der Waals surface area (Å²) in [6.07, 6.45) is 3.79. The summed E-state index contributed by atoms with van der Waals surface area (Å²) in [6.45, 7) is 0.963. The lowest BCUT2D eigenvalue weighted by Crippen LogP contribution is -2.37. The first-order valence-corrected chi connectivity index (χ1v) is 6.31. The Morgan fingerprint density at radius 3 is 3.00 bits per heavy atom. The van der Waals surface area contributed by atoms with Gasteiger partial charge in [0.1, 0.15) is 0 Å². The number of guanidine groups is 1. The number of fused-ring (bicyclic) bond motifs is 1. The molecule has 0 saturated heterocycles. The molecule has 0 aromatic heterocycles. The predicted molar refractivity (Wildman–Crippen MR) is 72.5 cm³/mol. The molecule has 0 fully saturated rings. The Bertz CT molecular complexity index is 398. The second kappa shape index (κ2) is 5.71. The predicted octanol–water partition coefficient (Wildman–Crippen LogP) is 1.90. The summed E-state index contributed by atoms with van der Waals surface area (Å²) in [7, 11) is 3.69. The number of hydrogen-bond acceptors (Lipinski definition) is 1. The van der Waals surface area contributed by atoms with E-state index >= 15 is 0 Å². The third-order valence-electron chi connectivity index (χ3n) is 3.47. The lowest BCUT2D eigenvalue weighted by atomic mass is 9.83. The van der Waals surface area contributed by atoms with Crippen molar-refractivity contribution in [2.45, 2.75) is 25.2 Å². The van der Waals surface area contributed by atoms with Crippen molar-refractivity contribution in [2.24, 2.45) is 4.99 Å². The Hall–Kier alpha value is -1.51. The summed E-state index contributed by atoms with van der Waals surface area (Å²) in [5.41, 5.74) is 3.03. The molecule has 1 aliphatic rings. The van der Waals surface area contributed by atoms with Gasteiger partial charge in [-0.2, -0.15) is 0 Å². The quantitative estimate of drug-likeness (QED) is 0.602. The summed E-state index contributed by atoms with van der Waals surface area (Å²) in [4.78, 5) is 4.14. The largest absolute Gasteiger partial charge is 0.359 e. The van der Waals surface area contributed by atoms with E-state index in [9.17, 15) is 0 Å². The number of aryl methyl sites for hydroxylation is 1. The number of nitrogens with one attached hydrogen (secondary N) is 2. The highest BCUT2D eigenvalue weighted by molar-refractivity contribution is 5.79. The van der Waals surface area contributed by atoms with Crippen LogP contribution < -0.4 is 10.6 Å². The molecule has 2 N–H and O–H groups in total. The van der Waals surface area contributed by atoms with Crippen LogP contribution in [-0.4, -0.2) is 26.6 Å². The van der Waals surface area contributed by atoms with Crippen LogP contribution in [0.2, 0.25) is 0 Å². The molecule has 0 aliphatic heterocycles. The second-order valence-electron chi connectivity index (χ2n) is 4.49. The lowest BCUT2D eigenvalue weighted by Gasteiger charge is -2.26. The van der Waals surface area contributed by atoms with Gasteiger partial charge < -0.3 is 10.6 Å². The van der Waals surface area contributed by atoms with Gasteiger partial charge in [0, 0.05) is 26.6 Å². The average molecular weight is 231 g/mol. The van der Waals surface area contributed by atoms with Crippen molar-refractivity contribution in [3.05, 3.63) is 35.4 Å². The number of benzene rings is 1. The van der Waals surface area contributed by atoms with E-state index in [0.29, 0.717) is 5.92 Å². The third-order valence-corrected chi connectivity index (χ3v) is 3.47. The third kappa shape index (κ3) is 2.78. The maximum absolute atomic E-state index is 4.14. The summed E-state index contributed by atoms with van der Waals surface area (Å²) in [5, 5.41) is 6.42. The summed E-state index contributed by atoms with van der Waals surface area (Å²) < 4.78 is 0. The molecule has 92 valence electrons. The first kappa shape index (κ1) is 12.0. The molecule has 0 saturated carbocycles. The molecule has 1 aliphatic carbocycles. The highest BCUT2D eigenvalue weighted by Crippen LogP contribution is 2.30. The fourth-order valence-electron chi connectivity index (χ4n) is 2.57. The molecular weight excluding hydrogens is 210 g/mol. The Morgan fingerprint density at radius 2 is 2.24 bits per heavy atom. The molecule has 1 unspecified atom stereocenters. The van der Waals surface area contributed by atoms with E-state index in [1.54, 1.807) is 7.05 Å². The van der Waals surface area contributed by atoms with E-state index in [-0.39, 0.29) is 0 Å².